The molecule has 2 rings (SSSR count). The monoisotopic (exact) mass is 136 g/mol. The van der Waals surface area contributed by atoms with Crippen molar-refractivity contribution in [2.24, 2.45) is 0 Å². The number of aromatic amines is 1. The second-order valence-electron chi connectivity index (χ2n) is 2.00. The molecule has 0 bridgehead atoms. The molecular weight excluding hydrogens is 126 g/mol. The molecule has 0 fully saturated rings. The van der Waals surface area contributed by atoms with E-state index in [1.807, 2.05) is 0 Å². The zero-order chi connectivity index (χ0) is 9.47. The maximum Gasteiger partial charge on any atom is 0.115 e. The van der Waals surface area contributed by atoms with Crippen molar-refractivity contribution in [2.45, 2.75) is 6.85 Å². The standard InChI is InChI=1S/C7H7N3/c1-5-3-2-4-6-7(5)9-10-8-6/h2-4H,1H3,(H,8,9,10)/i1D3. The molecule has 0 saturated heterocycles. The molecule has 10 heavy (non-hydrogen) atoms. The van der Waals surface area contributed by atoms with E-state index in [1.165, 1.54) is 6.07 Å². The van der Waals surface area contributed by atoms with Crippen LogP contribution < -0.4 is 0 Å². The molecule has 1 heterocycles. The van der Waals surface area contributed by atoms with Crippen molar-refractivity contribution in [3.05, 3.63) is 23.8 Å². The van der Waals surface area contributed by atoms with Crippen molar-refractivity contribution in [2.75, 3.05) is 0 Å². The summed E-state index contributed by atoms with van der Waals surface area (Å²) in [6.07, 6.45) is 0. The molecule has 0 amide bonds. The minimum absolute atomic E-state index is 0.235. The minimum atomic E-state index is -2.13. The van der Waals surface area contributed by atoms with Gasteiger partial charge in [-0.25, -0.2) is 0 Å². The van der Waals surface area contributed by atoms with Crippen molar-refractivity contribution in [1.82, 2.24) is 15.4 Å². The molecule has 2 aromatic rings. The Labute approximate surface area is 62.3 Å². The van der Waals surface area contributed by atoms with E-state index in [-0.39, 0.29) is 5.56 Å². The molecule has 1 aromatic carbocycles. The minimum Gasteiger partial charge on any atom is -0.197 e. The van der Waals surface area contributed by atoms with E-state index in [1.54, 1.807) is 12.1 Å². The molecule has 0 unspecified atom stereocenters. The number of nitrogens with zero attached hydrogens (tertiary/aromatic N) is 2. The summed E-state index contributed by atoms with van der Waals surface area (Å²) in [5.41, 5.74) is 1.23. The van der Waals surface area contributed by atoms with Crippen LogP contribution in [0.4, 0.5) is 0 Å². The Morgan fingerprint density at radius 3 is 3.40 bits per heavy atom. The lowest BCUT2D eigenvalue weighted by Crippen LogP contribution is -1.73. The summed E-state index contributed by atoms with van der Waals surface area (Å²) in [6, 6.07) is 4.92. The molecule has 1 aromatic heterocycles. The lowest BCUT2D eigenvalue weighted by atomic mass is 10.2. The van der Waals surface area contributed by atoms with E-state index in [4.69, 9.17) is 4.11 Å². The fraction of sp³-hybridized carbons (Fsp3) is 0.143. The predicted octanol–water partition coefficient (Wildman–Crippen LogP) is 1.27. The number of aromatic nitrogens is 3. The van der Waals surface area contributed by atoms with Crippen LogP contribution in [-0.2, 0) is 0 Å². The first-order chi connectivity index (χ1) is 6.09. The summed E-state index contributed by atoms with van der Waals surface area (Å²) in [5.74, 6) is 0. The molecule has 0 radical (unpaired) electrons. The van der Waals surface area contributed by atoms with Gasteiger partial charge in [-0.3, -0.25) is 0 Å². The zero-order valence-corrected chi connectivity index (χ0v) is 5.13. The van der Waals surface area contributed by atoms with Gasteiger partial charge in [-0.05, 0) is 18.5 Å². The summed E-state index contributed by atoms with van der Waals surface area (Å²) >= 11 is 0. The van der Waals surface area contributed by atoms with Gasteiger partial charge in [-0.15, -0.1) is 0 Å². The lowest BCUT2D eigenvalue weighted by molar-refractivity contribution is 0.958. The van der Waals surface area contributed by atoms with Gasteiger partial charge in [-0.2, -0.15) is 15.4 Å². The third-order valence-corrected chi connectivity index (χ3v) is 1.35. The van der Waals surface area contributed by atoms with Crippen LogP contribution in [0.2, 0.25) is 0 Å². The first-order valence-corrected chi connectivity index (χ1v) is 2.89. The van der Waals surface area contributed by atoms with Crippen molar-refractivity contribution in [3.63, 3.8) is 0 Å². The van der Waals surface area contributed by atoms with Crippen LogP contribution in [-0.4, -0.2) is 15.4 Å². The molecular formula is C7H7N3. The van der Waals surface area contributed by atoms with E-state index < -0.39 is 6.85 Å². The normalized spacial score (nSPS) is 16.2. The molecule has 0 saturated carbocycles. The van der Waals surface area contributed by atoms with Crippen molar-refractivity contribution in [1.29, 1.82) is 0 Å². The molecule has 0 aliphatic rings. The Balaban J connectivity index is 2.75. The van der Waals surface area contributed by atoms with E-state index in [0.29, 0.717) is 11.0 Å². The van der Waals surface area contributed by atoms with Gasteiger partial charge < -0.3 is 0 Å². The van der Waals surface area contributed by atoms with Crippen LogP contribution in [0.3, 0.4) is 0 Å². The maximum absolute atomic E-state index is 7.25. The average Bonchev–Trinajstić information content (AvgIpc) is 2.48. The number of benzene rings is 1. The predicted molar refractivity (Wildman–Crippen MR) is 38.6 cm³/mol. The van der Waals surface area contributed by atoms with Gasteiger partial charge in [0, 0.05) is 4.11 Å². The second-order valence-corrected chi connectivity index (χ2v) is 2.00. The number of aryl methyl sites for hydroxylation is 1. The SMILES string of the molecule is [2H]C([2H])([2H])c1cccc2n[nH]nc12. The first kappa shape index (κ1) is 3.14. The number of fused-ring (bicyclic) bond motifs is 1. The second kappa shape index (κ2) is 1.80. The van der Waals surface area contributed by atoms with E-state index in [9.17, 15) is 0 Å². The summed E-state index contributed by atoms with van der Waals surface area (Å²) in [5, 5.41) is 10.00. The largest absolute Gasteiger partial charge is 0.197 e. The number of hydrogen-bond acceptors (Lipinski definition) is 2. The van der Waals surface area contributed by atoms with Crippen molar-refractivity contribution in [3.8, 4) is 0 Å². The Morgan fingerprint density at radius 2 is 2.50 bits per heavy atom. The molecule has 50 valence electrons. The van der Waals surface area contributed by atoms with Crippen LogP contribution in [0.5, 0.6) is 0 Å². The number of H-pyrrole nitrogens is 1. The Kier molecular flexibility index (Phi) is 0.566. The molecule has 0 aliphatic carbocycles. The smallest absolute Gasteiger partial charge is 0.115 e. The third kappa shape index (κ3) is 0.603. The Bertz CT molecular complexity index is 432. The first-order valence-electron chi connectivity index (χ1n) is 4.39. The van der Waals surface area contributed by atoms with Crippen molar-refractivity contribution >= 4 is 11.0 Å². The highest BCUT2D eigenvalue weighted by molar-refractivity contribution is 5.76. The van der Waals surface area contributed by atoms with E-state index >= 15 is 0 Å². The van der Waals surface area contributed by atoms with Gasteiger partial charge in [0.1, 0.15) is 11.0 Å². The molecule has 0 atom stereocenters. The molecule has 0 aliphatic heterocycles. The molecule has 1 N–H and O–H groups in total. The number of nitrogens with one attached hydrogen (secondary N) is 1. The topological polar surface area (TPSA) is 41.6 Å². The average molecular weight is 136 g/mol. The third-order valence-electron chi connectivity index (χ3n) is 1.35. The maximum atomic E-state index is 7.25. The van der Waals surface area contributed by atoms with Crippen LogP contribution in [0.15, 0.2) is 18.2 Å². The highest BCUT2D eigenvalue weighted by atomic mass is 15.3. The van der Waals surface area contributed by atoms with Gasteiger partial charge in [-0.1, -0.05) is 12.1 Å². The van der Waals surface area contributed by atoms with Crippen LogP contribution in [0.25, 0.3) is 11.0 Å². The van der Waals surface area contributed by atoms with Gasteiger partial charge in [0.2, 0.25) is 0 Å². The van der Waals surface area contributed by atoms with E-state index in [2.05, 4.69) is 15.4 Å². The van der Waals surface area contributed by atoms with Crippen LogP contribution in [0.1, 0.15) is 9.68 Å². The molecule has 0 spiro atoms. The fourth-order valence-corrected chi connectivity index (χ4v) is 0.868. The van der Waals surface area contributed by atoms with E-state index in [0.717, 1.165) is 0 Å². The van der Waals surface area contributed by atoms with Gasteiger partial charge >= 0.3 is 0 Å². The Hall–Kier alpha value is -1.38. The van der Waals surface area contributed by atoms with Crippen LogP contribution in [0, 0.1) is 6.85 Å². The quantitative estimate of drug-likeness (QED) is 0.592. The molecule has 3 nitrogen and oxygen atoms in total. The summed E-state index contributed by atoms with van der Waals surface area (Å²) in [7, 11) is 0. The number of hydrogen-bond donors (Lipinski definition) is 1. The highest BCUT2D eigenvalue weighted by Crippen LogP contribution is 2.10. The number of para-hydroxylation sites is 1. The van der Waals surface area contributed by atoms with Crippen LogP contribution >= 0.6 is 0 Å². The highest BCUT2D eigenvalue weighted by Gasteiger charge is 1.97. The van der Waals surface area contributed by atoms with Gasteiger partial charge in [0.05, 0.1) is 0 Å². The van der Waals surface area contributed by atoms with Crippen molar-refractivity contribution < 1.29 is 4.11 Å². The Morgan fingerprint density at radius 1 is 1.50 bits per heavy atom. The lowest BCUT2D eigenvalue weighted by Gasteiger charge is -1.88. The summed E-state index contributed by atoms with van der Waals surface area (Å²) in [6.45, 7) is -2.13. The zero-order valence-electron chi connectivity index (χ0n) is 8.13. The molecule has 3 heteroatoms. The van der Waals surface area contributed by atoms with Gasteiger partial charge in [0.15, 0.2) is 0 Å². The number of rotatable bonds is 0. The summed E-state index contributed by atoms with van der Waals surface area (Å²) in [4.78, 5) is 0. The fourth-order valence-electron chi connectivity index (χ4n) is 0.868. The summed E-state index contributed by atoms with van der Waals surface area (Å²) < 4.78 is 21.7. The van der Waals surface area contributed by atoms with Gasteiger partial charge in [0.25, 0.3) is 0 Å².